The number of urea groups is 1. The standard InChI is InChI=1S/C23H25N5O2S/c1-15(2)14-24-22(30)26-21(29)16(3)31-23-25-19(17-10-6-4-7-11-17)20(27-28-23)18-12-8-5-9-13-18/h4-13,15-16H,14H2,1-3H3,(H2,24,26,29,30). The molecular formula is C23H25N5O2S. The number of amides is 3. The number of rotatable bonds is 7. The molecule has 0 fully saturated rings. The predicted molar refractivity (Wildman–Crippen MR) is 122 cm³/mol. The maximum Gasteiger partial charge on any atom is 0.321 e. The van der Waals surface area contributed by atoms with Gasteiger partial charge < -0.3 is 5.32 Å². The van der Waals surface area contributed by atoms with Crippen LogP contribution in [0.25, 0.3) is 22.5 Å². The zero-order valence-corrected chi connectivity index (χ0v) is 18.5. The summed E-state index contributed by atoms with van der Waals surface area (Å²) in [5.74, 6) is -0.116. The first kappa shape index (κ1) is 22.4. The van der Waals surface area contributed by atoms with Crippen LogP contribution < -0.4 is 10.6 Å². The van der Waals surface area contributed by atoms with Crippen molar-refractivity contribution in [1.82, 2.24) is 25.8 Å². The number of hydrogen-bond donors (Lipinski definition) is 2. The van der Waals surface area contributed by atoms with Crippen molar-refractivity contribution in [2.75, 3.05) is 6.54 Å². The third-order valence-corrected chi connectivity index (χ3v) is 5.27. The summed E-state index contributed by atoms with van der Waals surface area (Å²) < 4.78 is 0. The molecule has 1 atom stereocenters. The van der Waals surface area contributed by atoms with Gasteiger partial charge in [-0.1, -0.05) is 86.3 Å². The molecule has 3 amide bonds. The molecule has 1 aromatic heterocycles. The number of benzene rings is 2. The van der Waals surface area contributed by atoms with Crippen LogP contribution in [0, 0.1) is 5.92 Å². The molecule has 3 rings (SSSR count). The lowest BCUT2D eigenvalue weighted by Gasteiger charge is -2.13. The Labute approximate surface area is 186 Å². The molecule has 0 spiro atoms. The van der Waals surface area contributed by atoms with Crippen LogP contribution in [0.4, 0.5) is 4.79 Å². The molecule has 1 unspecified atom stereocenters. The van der Waals surface area contributed by atoms with Gasteiger partial charge in [-0.3, -0.25) is 10.1 Å². The van der Waals surface area contributed by atoms with E-state index < -0.39 is 17.2 Å². The van der Waals surface area contributed by atoms with Crippen molar-refractivity contribution in [1.29, 1.82) is 0 Å². The minimum Gasteiger partial charge on any atom is -0.338 e. The van der Waals surface area contributed by atoms with Crippen molar-refractivity contribution in [3.63, 3.8) is 0 Å². The van der Waals surface area contributed by atoms with E-state index in [0.29, 0.717) is 29.0 Å². The Hall–Kier alpha value is -3.26. The van der Waals surface area contributed by atoms with E-state index in [1.54, 1.807) is 6.92 Å². The fourth-order valence-electron chi connectivity index (χ4n) is 2.71. The number of thioether (sulfide) groups is 1. The summed E-state index contributed by atoms with van der Waals surface area (Å²) in [7, 11) is 0. The van der Waals surface area contributed by atoms with Gasteiger partial charge in [-0.25, -0.2) is 9.78 Å². The van der Waals surface area contributed by atoms with Crippen molar-refractivity contribution < 1.29 is 9.59 Å². The molecular weight excluding hydrogens is 410 g/mol. The monoisotopic (exact) mass is 435 g/mol. The van der Waals surface area contributed by atoms with E-state index in [4.69, 9.17) is 0 Å². The Balaban J connectivity index is 1.79. The number of nitrogens with zero attached hydrogens (tertiary/aromatic N) is 3. The summed E-state index contributed by atoms with van der Waals surface area (Å²) in [5.41, 5.74) is 3.17. The van der Waals surface area contributed by atoms with Crippen LogP contribution in [-0.4, -0.2) is 38.9 Å². The lowest BCUT2D eigenvalue weighted by atomic mass is 10.0. The Kier molecular flexibility index (Phi) is 7.72. The van der Waals surface area contributed by atoms with E-state index >= 15 is 0 Å². The highest BCUT2D eigenvalue weighted by Gasteiger charge is 2.20. The second-order valence-corrected chi connectivity index (χ2v) is 8.68. The molecule has 0 aliphatic carbocycles. The van der Waals surface area contributed by atoms with Crippen molar-refractivity contribution >= 4 is 23.7 Å². The molecule has 31 heavy (non-hydrogen) atoms. The van der Waals surface area contributed by atoms with Gasteiger partial charge in [0.15, 0.2) is 0 Å². The number of carbonyl (C=O) groups is 2. The highest BCUT2D eigenvalue weighted by atomic mass is 32.2. The van der Waals surface area contributed by atoms with Gasteiger partial charge in [-0.2, -0.15) is 0 Å². The summed E-state index contributed by atoms with van der Waals surface area (Å²) in [6.45, 7) is 6.16. The number of nitrogens with one attached hydrogen (secondary N) is 2. The fourth-order valence-corrected chi connectivity index (χ4v) is 3.43. The SMILES string of the molecule is CC(C)CNC(=O)NC(=O)C(C)Sc1nnc(-c2ccccc2)c(-c2ccccc2)n1. The summed E-state index contributed by atoms with van der Waals surface area (Å²) in [6.07, 6.45) is 0. The minimum atomic E-state index is -0.571. The van der Waals surface area contributed by atoms with E-state index in [9.17, 15) is 9.59 Å². The first-order chi connectivity index (χ1) is 14.9. The van der Waals surface area contributed by atoms with E-state index in [0.717, 1.165) is 22.9 Å². The zero-order valence-electron chi connectivity index (χ0n) is 17.7. The predicted octanol–water partition coefficient (Wildman–Crippen LogP) is 4.17. The second-order valence-electron chi connectivity index (χ2n) is 7.38. The number of carbonyl (C=O) groups excluding carboxylic acids is 2. The third-order valence-electron chi connectivity index (χ3n) is 4.32. The molecule has 0 aliphatic heterocycles. The normalized spacial score (nSPS) is 11.7. The summed E-state index contributed by atoms with van der Waals surface area (Å²) in [6, 6.07) is 18.9. The van der Waals surface area contributed by atoms with Crippen LogP contribution in [0.3, 0.4) is 0 Å². The van der Waals surface area contributed by atoms with Crippen molar-refractivity contribution in [2.24, 2.45) is 5.92 Å². The number of aromatic nitrogens is 3. The zero-order chi connectivity index (χ0) is 22.2. The molecule has 0 aliphatic rings. The summed E-state index contributed by atoms with van der Waals surface area (Å²) in [5, 5.41) is 13.4. The molecule has 3 aromatic rings. The fraction of sp³-hybridized carbons (Fsp3) is 0.261. The van der Waals surface area contributed by atoms with Gasteiger partial charge in [-0.15, -0.1) is 10.2 Å². The Bertz CT molecular complexity index is 1030. The molecule has 7 nitrogen and oxygen atoms in total. The van der Waals surface area contributed by atoms with Crippen LogP contribution in [0.1, 0.15) is 20.8 Å². The van der Waals surface area contributed by atoms with E-state index in [2.05, 4.69) is 25.8 Å². The molecule has 2 N–H and O–H groups in total. The second kappa shape index (κ2) is 10.7. The molecule has 160 valence electrons. The smallest absolute Gasteiger partial charge is 0.321 e. The summed E-state index contributed by atoms with van der Waals surface area (Å²) >= 11 is 1.15. The largest absolute Gasteiger partial charge is 0.338 e. The summed E-state index contributed by atoms with van der Waals surface area (Å²) in [4.78, 5) is 28.9. The van der Waals surface area contributed by atoms with Crippen molar-refractivity contribution in [3.8, 4) is 22.5 Å². The van der Waals surface area contributed by atoms with Crippen LogP contribution in [0.5, 0.6) is 0 Å². The molecule has 0 saturated heterocycles. The van der Waals surface area contributed by atoms with Gasteiger partial charge in [-0.05, 0) is 12.8 Å². The van der Waals surface area contributed by atoms with E-state index in [-0.39, 0.29) is 0 Å². The molecule has 2 aromatic carbocycles. The third kappa shape index (κ3) is 6.36. The maximum atomic E-state index is 12.4. The lowest BCUT2D eigenvalue weighted by molar-refractivity contribution is -0.119. The molecule has 1 heterocycles. The molecule has 0 bridgehead atoms. The lowest BCUT2D eigenvalue weighted by Crippen LogP contribution is -2.43. The van der Waals surface area contributed by atoms with Gasteiger partial charge in [0.25, 0.3) is 0 Å². The van der Waals surface area contributed by atoms with Gasteiger partial charge in [0.1, 0.15) is 11.4 Å². The van der Waals surface area contributed by atoms with Crippen LogP contribution in [-0.2, 0) is 4.79 Å². The Morgan fingerprint density at radius 3 is 2.03 bits per heavy atom. The quantitative estimate of drug-likeness (QED) is 0.541. The van der Waals surface area contributed by atoms with E-state index in [1.165, 1.54) is 0 Å². The topological polar surface area (TPSA) is 96.9 Å². The average molecular weight is 436 g/mol. The maximum absolute atomic E-state index is 12.4. The molecule has 0 saturated carbocycles. The molecule has 0 radical (unpaired) electrons. The van der Waals surface area contributed by atoms with Crippen LogP contribution in [0.15, 0.2) is 65.8 Å². The number of hydrogen-bond acceptors (Lipinski definition) is 6. The first-order valence-corrected chi connectivity index (χ1v) is 10.9. The van der Waals surface area contributed by atoms with Crippen LogP contribution in [0.2, 0.25) is 0 Å². The molecule has 8 heteroatoms. The van der Waals surface area contributed by atoms with Crippen molar-refractivity contribution in [2.45, 2.75) is 31.2 Å². The van der Waals surface area contributed by atoms with Gasteiger partial charge in [0.2, 0.25) is 11.1 Å². The minimum absolute atomic E-state index is 0.298. The highest BCUT2D eigenvalue weighted by Crippen LogP contribution is 2.30. The Morgan fingerprint density at radius 1 is 0.871 bits per heavy atom. The van der Waals surface area contributed by atoms with E-state index in [1.807, 2.05) is 74.5 Å². The van der Waals surface area contributed by atoms with Crippen LogP contribution >= 0.6 is 11.8 Å². The van der Waals surface area contributed by atoms with Crippen molar-refractivity contribution in [3.05, 3.63) is 60.7 Å². The van der Waals surface area contributed by atoms with Gasteiger partial charge in [0.05, 0.1) is 5.25 Å². The Morgan fingerprint density at radius 2 is 1.45 bits per heavy atom. The average Bonchev–Trinajstić information content (AvgIpc) is 2.78. The number of imide groups is 1. The first-order valence-electron chi connectivity index (χ1n) is 10.0. The highest BCUT2D eigenvalue weighted by molar-refractivity contribution is 8.00. The van der Waals surface area contributed by atoms with Gasteiger partial charge in [0, 0.05) is 17.7 Å². The van der Waals surface area contributed by atoms with Gasteiger partial charge >= 0.3 is 6.03 Å².